The Morgan fingerprint density at radius 3 is 2.88 bits per heavy atom. The molecule has 0 spiro atoms. The first-order valence-corrected chi connectivity index (χ1v) is 13.1. The van der Waals surface area contributed by atoms with Crippen molar-refractivity contribution in [2.24, 2.45) is 4.99 Å². The zero-order valence-corrected chi connectivity index (χ0v) is 22.4. The van der Waals surface area contributed by atoms with Gasteiger partial charge in [0.1, 0.15) is 5.75 Å². The smallest absolute Gasteiger partial charge is 0.273 e. The lowest BCUT2D eigenvalue weighted by Crippen LogP contribution is -2.39. The highest BCUT2D eigenvalue weighted by Gasteiger charge is 2.19. The zero-order valence-electron chi connectivity index (χ0n) is 21.6. The van der Waals surface area contributed by atoms with Gasteiger partial charge in [-0.2, -0.15) is 5.10 Å². The van der Waals surface area contributed by atoms with Crippen molar-refractivity contribution < 1.29 is 14.7 Å². The number of anilines is 2. The summed E-state index contributed by atoms with van der Waals surface area (Å²) in [5.41, 5.74) is 5.34. The predicted molar refractivity (Wildman–Crippen MR) is 154 cm³/mol. The third-order valence-electron chi connectivity index (χ3n) is 6.43. The standard InChI is InChI=1S/C27H25N9O3S/c1-36(27-28-11-15(12-29-27)26(37)35-38)14-16-10-21-23(40-16)25(31-20-7-3-4-9-22(20)39-2)33-24(32-21)17-6-5-8-19-18(17)13-30-34-19/h3-11,13,38H,12,14H2,1-2H3,(H,28,29)(H,30,34)(H,35,37)(H,31,32,33). The number of hydroxylamine groups is 1. The number of hydrogen-bond acceptors (Lipinski definition) is 11. The van der Waals surface area contributed by atoms with E-state index in [1.807, 2.05) is 54.4 Å². The van der Waals surface area contributed by atoms with Crippen LogP contribution in [0.3, 0.4) is 0 Å². The highest BCUT2D eigenvalue weighted by Crippen LogP contribution is 2.37. The van der Waals surface area contributed by atoms with Gasteiger partial charge in [0.2, 0.25) is 0 Å². The second-order valence-electron chi connectivity index (χ2n) is 9.04. The summed E-state index contributed by atoms with van der Waals surface area (Å²) in [5.74, 6) is 1.97. The van der Waals surface area contributed by atoms with Crippen LogP contribution in [0.15, 0.2) is 71.5 Å². The molecule has 40 heavy (non-hydrogen) atoms. The highest BCUT2D eigenvalue weighted by molar-refractivity contribution is 7.19. The number of methoxy groups -OCH3 is 1. The van der Waals surface area contributed by atoms with Crippen LogP contribution in [0, 0.1) is 0 Å². The number of carbonyl (C=O) groups excluding carboxylic acids is 1. The van der Waals surface area contributed by atoms with Gasteiger partial charge < -0.3 is 20.3 Å². The fourth-order valence-corrected chi connectivity index (χ4v) is 5.55. The molecule has 202 valence electrons. The van der Waals surface area contributed by atoms with Gasteiger partial charge in [-0.3, -0.25) is 15.1 Å². The molecule has 0 radical (unpaired) electrons. The molecule has 1 amide bonds. The van der Waals surface area contributed by atoms with Gasteiger partial charge in [-0.05, 0) is 24.3 Å². The van der Waals surface area contributed by atoms with Crippen molar-refractivity contribution in [3.8, 4) is 17.1 Å². The molecule has 0 unspecified atom stereocenters. The minimum absolute atomic E-state index is 0.160. The number of carbonyl (C=O) groups is 1. The number of ether oxygens (including phenoxy) is 1. The number of aliphatic imine (C=N–C) groups is 1. The van der Waals surface area contributed by atoms with Gasteiger partial charge in [0.15, 0.2) is 17.6 Å². The maximum atomic E-state index is 11.6. The lowest BCUT2D eigenvalue weighted by atomic mass is 10.1. The molecule has 5 N–H and O–H groups in total. The predicted octanol–water partition coefficient (Wildman–Crippen LogP) is 3.77. The highest BCUT2D eigenvalue weighted by atomic mass is 32.1. The number of para-hydroxylation sites is 2. The summed E-state index contributed by atoms with van der Waals surface area (Å²) in [5, 5.41) is 23.5. The van der Waals surface area contributed by atoms with Crippen molar-refractivity contribution in [3.05, 3.63) is 71.4 Å². The van der Waals surface area contributed by atoms with Crippen LogP contribution in [-0.2, 0) is 11.3 Å². The monoisotopic (exact) mass is 555 g/mol. The number of amides is 1. The van der Waals surface area contributed by atoms with Crippen LogP contribution >= 0.6 is 11.3 Å². The first-order valence-electron chi connectivity index (χ1n) is 12.3. The molecule has 4 heterocycles. The van der Waals surface area contributed by atoms with Gasteiger partial charge in [-0.1, -0.05) is 24.3 Å². The van der Waals surface area contributed by atoms with Gasteiger partial charge in [0.05, 0.1) is 53.4 Å². The number of rotatable bonds is 7. The number of aromatic amines is 1. The van der Waals surface area contributed by atoms with Gasteiger partial charge in [0, 0.05) is 29.1 Å². The number of aromatic nitrogens is 4. The Hall–Kier alpha value is -5.01. The first kappa shape index (κ1) is 25.3. The van der Waals surface area contributed by atoms with Crippen LogP contribution in [0.1, 0.15) is 4.88 Å². The van der Waals surface area contributed by atoms with Gasteiger partial charge in [0.25, 0.3) is 5.91 Å². The molecule has 5 aromatic rings. The summed E-state index contributed by atoms with van der Waals surface area (Å²) in [4.78, 5) is 29.0. The van der Waals surface area contributed by atoms with Crippen molar-refractivity contribution in [1.29, 1.82) is 0 Å². The molecule has 0 saturated carbocycles. The van der Waals surface area contributed by atoms with E-state index in [1.54, 1.807) is 36.3 Å². The van der Waals surface area contributed by atoms with Crippen LogP contribution in [0.5, 0.6) is 5.75 Å². The fraction of sp³-hybridized carbons (Fsp3) is 0.148. The van der Waals surface area contributed by atoms with Gasteiger partial charge in [-0.25, -0.2) is 20.4 Å². The number of nitrogens with one attached hydrogen (secondary N) is 4. The number of guanidine groups is 1. The average Bonchev–Trinajstić information content (AvgIpc) is 3.64. The third kappa shape index (κ3) is 4.79. The summed E-state index contributed by atoms with van der Waals surface area (Å²) in [6.07, 6.45) is 3.32. The van der Waals surface area contributed by atoms with Crippen LogP contribution in [0.2, 0.25) is 0 Å². The number of hydrogen-bond donors (Lipinski definition) is 5. The van der Waals surface area contributed by atoms with E-state index in [2.05, 4.69) is 31.9 Å². The van der Waals surface area contributed by atoms with E-state index in [0.717, 1.165) is 37.2 Å². The molecule has 6 rings (SSSR count). The Balaban J connectivity index is 1.37. The summed E-state index contributed by atoms with van der Waals surface area (Å²) >= 11 is 1.58. The number of H-pyrrole nitrogens is 1. The Morgan fingerprint density at radius 1 is 1.20 bits per heavy atom. The van der Waals surface area contributed by atoms with Crippen molar-refractivity contribution in [1.82, 2.24) is 35.9 Å². The molecular formula is C27H25N9O3S. The van der Waals surface area contributed by atoms with Gasteiger partial charge in [-0.15, -0.1) is 11.3 Å². The molecular weight excluding hydrogens is 530 g/mol. The largest absolute Gasteiger partial charge is 0.495 e. The van der Waals surface area contributed by atoms with Crippen LogP contribution in [0.4, 0.5) is 11.5 Å². The maximum Gasteiger partial charge on any atom is 0.273 e. The van der Waals surface area contributed by atoms with E-state index in [-0.39, 0.29) is 6.54 Å². The van der Waals surface area contributed by atoms with Crippen molar-refractivity contribution in [3.63, 3.8) is 0 Å². The molecule has 1 aliphatic rings. The lowest BCUT2D eigenvalue weighted by molar-refractivity contribution is -0.125. The van der Waals surface area contributed by atoms with E-state index in [0.29, 0.717) is 35.5 Å². The van der Waals surface area contributed by atoms with Crippen LogP contribution in [-0.4, -0.2) is 62.8 Å². The van der Waals surface area contributed by atoms with Crippen molar-refractivity contribution in [2.75, 3.05) is 26.0 Å². The van der Waals surface area contributed by atoms with Crippen LogP contribution in [0.25, 0.3) is 32.5 Å². The lowest BCUT2D eigenvalue weighted by Gasteiger charge is -2.23. The molecule has 0 saturated heterocycles. The van der Waals surface area contributed by atoms with Crippen molar-refractivity contribution in [2.45, 2.75) is 6.54 Å². The summed E-state index contributed by atoms with van der Waals surface area (Å²) in [6, 6.07) is 15.6. The second-order valence-corrected chi connectivity index (χ2v) is 10.2. The Bertz CT molecular complexity index is 1790. The van der Waals surface area contributed by atoms with Crippen LogP contribution < -0.4 is 20.9 Å². The Morgan fingerprint density at radius 2 is 2.08 bits per heavy atom. The quantitative estimate of drug-likeness (QED) is 0.149. The average molecular weight is 556 g/mol. The molecule has 0 bridgehead atoms. The summed E-state index contributed by atoms with van der Waals surface area (Å²) in [6.45, 7) is 0.704. The maximum absolute atomic E-state index is 11.6. The SMILES string of the molecule is COc1ccccc1Nc1nc(-c2cccc3[nH]ncc23)nc2cc(CN(C)C3=NCC(C(=O)NO)=CN3)sc12. The molecule has 2 aromatic carbocycles. The minimum atomic E-state index is -0.585. The molecule has 13 heteroatoms. The fourth-order valence-electron chi connectivity index (χ4n) is 4.45. The number of fused-ring (bicyclic) bond motifs is 2. The minimum Gasteiger partial charge on any atom is -0.495 e. The van der Waals surface area contributed by atoms with E-state index in [4.69, 9.17) is 19.9 Å². The Kier molecular flexibility index (Phi) is 6.72. The van der Waals surface area contributed by atoms with E-state index in [1.165, 1.54) is 0 Å². The van der Waals surface area contributed by atoms with Gasteiger partial charge >= 0.3 is 0 Å². The third-order valence-corrected chi connectivity index (χ3v) is 7.55. The summed E-state index contributed by atoms with van der Waals surface area (Å²) in [7, 11) is 3.54. The van der Waals surface area contributed by atoms with E-state index < -0.39 is 5.91 Å². The van der Waals surface area contributed by atoms with Crippen molar-refractivity contribution >= 4 is 55.8 Å². The van der Waals surface area contributed by atoms with E-state index >= 15 is 0 Å². The molecule has 0 fully saturated rings. The second kappa shape index (κ2) is 10.6. The number of benzene rings is 2. The molecule has 3 aromatic heterocycles. The number of thiophene rings is 1. The molecule has 12 nitrogen and oxygen atoms in total. The Labute approximate surface area is 232 Å². The molecule has 0 atom stereocenters. The number of nitrogens with zero attached hydrogens (tertiary/aromatic N) is 5. The molecule has 0 aliphatic carbocycles. The molecule has 1 aliphatic heterocycles. The van der Waals surface area contributed by atoms with E-state index in [9.17, 15) is 4.79 Å². The normalized spacial score (nSPS) is 13.0. The summed E-state index contributed by atoms with van der Waals surface area (Å²) < 4.78 is 6.46. The first-order chi connectivity index (χ1) is 19.5. The zero-order chi connectivity index (χ0) is 27.6. The topological polar surface area (TPSA) is 153 Å².